The van der Waals surface area contributed by atoms with Gasteiger partial charge in [0.25, 0.3) is 5.91 Å². The van der Waals surface area contributed by atoms with E-state index < -0.39 is 0 Å². The standard InChI is InChI=1S/C14H13Cl2N3O2/c1-17-13-6-9(11(16)7-18-13)14(20)19-8-3-4-10(15)12(5-8)21-2/h3-7H,1-2H3,(H,17,18)(H,19,20). The molecule has 7 heteroatoms. The molecule has 0 saturated heterocycles. The Morgan fingerprint density at radius 1 is 1.24 bits per heavy atom. The average Bonchev–Trinajstić information content (AvgIpc) is 2.49. The number of carbonyl (C=O) groups excluding carboxylic acids is 1. The molecular formula is C14H13Cl2N3O2. The molecule has 21 heavy (non-hydrogen) atoms. The van der Waals surface area contributed by atoms with Crippen LogP contribution in [0.25, 0.3) is 0 Å². The SMILES string of the molecule is CNc1cc(C(=O)Nc2ccc(Cl)c(OC)c2)c(Cl)cn1. The van der Waals surface area contributed by atoms with Crippen LogP contribution in [-0.4, -0.2) is 25.0 Å². The lowest BCUT2D eigenvalue weighted by atomic mass is 10.2. The van der Waals surface area contributed by atoms with Crippen molar-refractivity contribution in [3.63, 3.8) is 0 Å². The highest BCUT2D eigenvalue weighted by molar-refractivity contribution is 6.34. The molecule has 0 aliphatic carbocycles. The van der Waals surface area contributed by atoms with Crippen LogP contribution in [0.15, 0.2) is 30.5 Å². The van der Waals surface area contributed by atoms with Crippen molar-refractivity contribution < 1.29 is 9.53 Å². The lowest BCUT2D eigenvalue weighted by molar-refractivity contribution is 0.102. The number of benzene rings is 1. The number of amides is 1. The second kappa shape index (κ2) is 6.65. The van der Waals surface area contributed by atoms with Crippen molar-refractivity contribution in [2.45, 2.75) is 0 Å². The van der Waals surface area contributed by atoms with Crippen molar-refractivity contribution >= 4 is 40.6 Å². The number of carbonyl (C=O) groups is 1. The molecule has 0 radical (unpaired) electrons. The molecule has 0 aliphatic rings. The molecule has 1 aromatic heterocycles. The zero-order chi connectivity index (χ0) is 15.4. The van der Waals surface area contributed by atoms with Crippen LogP contribution in [0, 0.1) is 0 Å². The van der Waals surface area contributed by atoms with E-state index in [1.165, 1.54) is 13.3 Å². The minimum absolute atomic E-state index is 0.271. The van der Waals surface area contributed by atoms with E-state index in [0.717, 1.165) is 0 Å². The first-order valence-electron chi connectivity index (χ1n) is 6.03. The third kappa shape index (κ3) is 3.56. The van der Waals surface area contributed by atoms with Gasteiger partial charge in [0.05, 0.1) is 22.7 Å². The van der Waals surface area contributed by atoms with E-state index in [0.29, 0.717) is 27.8 Å². The Hall–Kier alpha value is -1.98. The number of pyridine rings is 1. The van der Waals surface area contributed by atoms with Crippen LogP contribution in [0.2, 0.25) is 10.0 Å². The minimum atomic E-state index is -0.344. The molecule has 0 atom stereocenters. The third-order valence-electron chi connectivity index (χ3n) is 2.77. The van der Waals surface area contributed by atoms with Crippen molar-refractivity contribution in [2.24, 2.45) is 0 Å². The molecule has 0 fully saturated rings. The van der Waals surface area contributed by atoms with Gasteiger partial charge < -0.3 is 15.4 Å². The maximum absolute atomic E-state index is 12.3. The zero-order valence-corrected chi connectivity index (χ0v) is 12.9. The average molecular weight is 326 g/mol. The quantitative estimate of drug-likeness (QED) is 0.899. The van der Waals surface area contributed by atoms with E-state index in [1.807, 2.05) is 0 Å². The fourth-order valence-corrected chi connectivity index (χ4v) is 2.07. The van der Waals surface area contributed by atoms with Gasteiger partial charge in [0.2, 0.25) is 0 Å². The van der Waals surface area contributed by atoms with Crippen molar-refractivity contribution in [1.82, 2.24) is 4.98 Å². The van der Waals surface area contributed by atoms with Gasteiger partial charge >= 0.3 is 0 Å². The van der Waals surface area contributed by atoms with E-state index >= 15 is 0 Å². The molecule has 2 aromatic rings. The first-order chi connectivity index (χ1) is 10.0. The molecule has 2 rings (SSSR count). The number of hydrogen-bond acceptors (Lipinski definition) is 4. The Morgan fingerprint density at radius 2 is 2.00 bits per heavy atom. The summed E-state index contributed by atoms with van der Waals surface area (Å²) in [6.45, 7) is 0. The maximum Gasteiger partial charge on any atom is 0.257 e. The number of hydrogen-bond donors (Lipinski definition) is 2. The van der Waals surface area contributed by atoms with E-state index in [2.05, 4.69) is 15.6 Å². The van der Waals surface area contributed by atoms with Gasteiger partial charge in [-0.3, -0.25) is 4.79 Å². The lowest BCUT2D eigenvalue weighted by Gasteiger charge is -2.10. The molecule has 0 bridgehead atoms. The van der Waals surface area contributed by atoms with Gasteiger partial charge in [0, 0.05) is 25.0 Å². The summed E-state index contributed by atoms with van der Waals surface area (Å²) in [6, 6.07) is 6.53. The van der Waals surface area contributed by atoms with Crippen LogP contribution in [-0.2, 0) is 0 Å². The van der Waals surface area contributed by atoms with Gasteiger partial charge in [-0.1, -0.05) is 23.2 Å². The Bertz CT molecular complexity index is 677. The number of halogens is 2. The summed E-state index contributed by atoms with van der Waals surface area (Å²) in [6.07, 6.45) is 1.42. The Morgan fingerprint density at radius 3 is 2.67 bits per heavy atom. The predicted molar refractivity (Wildman–Crippen MR) is 84.8 cm³/mol. The minimum Gasteiger partial charge on any atom is -0.495 e. The number of rotatable bonds is 4. The molecule has 0 saturated carbocycles. The normalized spacial score (nSPS) is 10.1. The van der Waals surface area contributed by atoms with E-state index in [1.54, 1.807) is 31.3 Å². The van der Waals surface area contributed by atoms with Gasteiger partial charge in [-0.2, -0.15) is 0 Å². The van der Waals surface area contributed by atoms with Crippen LogP contribution in [0.4, 0.5) is 11.5 Å². The molecular weight excluding hydrogens is 313 g/mol. The maximum atomic E-state index is 12.3. The fourth-order valence-electron chi connectivity index (χ4n) is 1.69. The van der Waals surface area contributed by atoms with Crippen molar-refractivity contribution in [1.29, 1.82) is 0 Å². The second-order valence-electron chi connectivity index (χ2n) is 4.10. The number of aromatic nitrogens is 1. The smallest absolute Gasteiger partial charge is 0.257 e. The topological polar surface area (TPSA) is 63.2 Å². The number of nitrogens with zero attached hydrogens (tertiary/aromatic N) is 1. The zero-order valence-electron chi connectivity index (χ0n) is 11.4. The second-order valence-corrected chi connectivity index (χ2v) is 4.92. The van der Waals surface area contributed by atoms with Crippen molar-refractivity contribution in [3.05, 3.63) is 46.1 Å². The number of methoxy groups -OCH3 is 1. The summed E-state index contributed by atoms with van der Waals surface area (Å²) < 4.78 is 5.10. The van der Waals surface area contributed by atoms with E-state index in [9.17, 15) is 4.79 Å². The highest BCUT2D eigenvalue weighted by Crippen LogP contribution is 2.28. The first-order valence-corrected chi connectivity index (χ1v) is 6.79. The van der Waals surface area contributed by atoms with Gasteiger partial charge in [-0.05, 0) is 18.2 Å². The van der Waals surface area contributed by atoms with Gasteiger partial charge in [0.1, 0.15) is 11.6 Å². The molecule has 0 spiro atoms. The largest absolute Gasteiger partial charge is 0.495 e. The first kappa shape index (κ1) is 15.4. The van der Waals surface area contributed by atoms with Crippen LogP contribution in [0.3, 0.4) is 0 Å². The van der Waals surface area contributed by atoms with Gasteiger partial charge in [0.15, 0.2) is 0 Å². The van der Waals surface area contributed by atoms with Crippen LogP contribution in [0.1, 0.15) is 10.4 Å². The van der Waals surface area contributed by atoms with E-state index in [-0.39, 0.29) is 10.9 Å². The van der Waals surface area contributed by atoms with Crippen LogP contribution in [0.5, 0.6) is 5.75 Å². The van der Waals surface area contributed by atoms with E-state index in [4.69, 9.17) is 27.9 Å². The fraction of sp³-hybridized carbons (Fsp3) is 0.143. The Balaban J connectivity index is 2.25. The van der Waals surface area contributed by atoms with Crippen LogP contribution < -0.4 is 15.4 Å². The third-order valence-corrected chi connectivity index (χ3v) is 3.38. The highest BCUT2D eigenvalue weighted by Gasteiger charge is 2.13. The number of nitrogens with one attached hydrogen (secondary N) is 2. The molecule has 0 unspecified atom stereocenters. The molecule has 1 heterocycles. The lowest BCUT2D eigenvalue weighted by Crippen LogP contribution is -2.13. The molecule has 2 N–H and O–H groups in total. The van der Waals surface area contributed by atoms with Crippen molar-refractivity contribution in [3.8, 4) is 5.75 Å². The molecule has 110 valence electrons. The van der Waals surface area contributed by atoms with Gasteiger partial charge in [-0.25, -0.2) is 4.98 Å². The molecule has 1 amide bonds. The molecule has 5 nitrogen and oxygen atoms in total. The Labute approximate surface area is 132 Å². The number of anilines is 2. The summed E-state index contributed by atoms with van der Waals surface area (Å²) in [5.41, 5.74) is 0.880. The van der Waals surface area contributed by atoms with Crippen molar-refractivity contribution in [2.75, 3.05) is 24.8 Å². The summed E-state index contributed by atoms with van der Waals surface area (Å²) in [7, 11) is 3.22. The monoisotopic (exact) mass is 325 g/mol. The number of ether oxygens (including phenoxy) is 1. The summed E-state index contributed by atoms with van der Waals surface area (Å²) in [5, 5.41) is 6.32. The van der Waals surface area contributed by atoms with Crippen LogP contribution >= 0.6 is 23.2 Å². The summed E-state index contributed by atoms with van der Waals surface area (Å²) >= 11 is 11.9. The highest BCUT2D eigenvalue weighted by atomic mass is 35.5. The predicted octanol–water partition coefficient (Wildman–Crippen LogP) is 3.69. The summed E-state index contributed by atoms with van der Waals surface area (Å²) in [4.78, 5) is 16.3. The summed E-state index contributed by atoms with van der Waals surface area (Å²) in [5.74, 6) is 0.688. The molecule has 0 aliphatic heterocycles. The van der Waals surface area contributed by atoms with Gasteiger partial charge in [-0.15, -0.1) is 0 Å². The molecule has 1 aromatic carbocycles. The Kier molecular flexibility index (Phi) is 4.88.